The first-order chi connectivity index (χ1) is 18.5. The number of thiazole rings is 1. The summed E-state index contributed by atoms with van der Waals surface area (Å²) in [5.74, 6) is 0. The van der Waals surface area contributed by atoms with Crippen molar-refractivity contribution in [3.05, 3.63) is 122 Å². The molecule has 186 valence electrons. The van der Waals surface area contributed by atoms with E-state index in [1.165, 1.54) is 22.3 Å². The maximum atomic E-state index is 13.4. The molecule has 3 heterocycles. The highest BCUT2D eigenvalue weighted by atomic mass is 32.1. The molecule has 38 heavy (non-hydrogen) atoms. The van der Waals surface area contributed by atoms with E-state index >= 15 is 0 Å². The third-order valence-corrected chi connectivity index (χ3v) is 7.53. The molecule has 0 spiro atoms. The molecule has 0 fully saturated rings. The topological polar surface area (TPSA) is 70.0 Å². The van der Waals surface area contributed by atoms with Gasteiger partial charge >= 0.3 is 0 Å². The maximum absolute atomic E-state index is 13.4. The Morgan fingerprint density at radius 1 is 0.895 bits per heavy atom. The zero-order chi connectivity index (χ0) is 26.2. The molecule has 0 radical (unpaired) electrons. The Labute approximate surface area is 227 Å². The number of rotatable bonds is 5. The second-order valence-electron chi connectivity index (χ2n) is 8.91. The lowest BCUT2D eigenvalue weighted by molar-refractivity contribution is 0.814. The molecule has 0 saturated heterocycles. The van der Waals surface area contributed by atoms with E-state index in [1.807, 2.05) is 108 Å². The van der Waals surface area contributed by atoms with Crippen LogP contribution in [0.5, 0.6) is 0 Å². The summed E-state index contributed by atoms with van der Waals surface area (Å²) in [5, 5.41) is 9.31. The van der Waals surface area contributed by atoms with Crippen LogP contribution >= 0.6 is 23.6 Å². The summed E-state index contributed by atoms with van der Waals surface area (Å²) in [4.78, 5) is 17.9. The van der Waals surface area contributed by atoms with Crippen molar-refractivity contribution in [2.75, 3.05) is 0 Å². The third-order valence-electron chi connectivity index (χ3n) is 6.18. The van der Waals surface area contributed by atoms with E-state index in [-0.39, 0.29) is 5.56 Å². The van der Waals surface area contributed by atoms with Gasteiger partial charge in [-0.3, -0.25) is 9.36 Å². The highest BCUT2D eigenvalue weighted by Crippen LogP contribution is 2.24. The predicted octanol–water partition coefficient (Wildman–Crippen LogP) is 6.33. The molecule has 6 aromatic rings. The molecule has 6 rings (SSSR count). The Balaban J connectivity index is 1.43. The standard InChI is InChI=1S/C29H22N6OS2/c1-19-8-12-21(13-9-19)25-22(17-33(32-25)23-6-4-3-5-7-23)16-31-34-18-30-27-26(28(34)36)38-29(37)35(27)24-14-10-20(2)11-15-24/h3-18H,1-2H3/b31-16+. The molecular formula is C29H22N6OS2. The molecule has 3 aromatic carbocycles. The van der Waals surface area contributed by atoms with Crippen LogP contribution in [0.1, 0.15) is 16.7 Å². The van der Waals surface area contributed by atoms with Gasteiger partial charge in [0.2, 0.25) is 0 Å². The Kier molecular flexibility index (Phi) is 6.15. The summed E-state index contributed by atoms with van der Waals surface area (Å²) in [6, 6.07) is 26.0. The van der Waals surface area contributed by atoms with Crippen LogP contribution in [0.2, 0.25) is 0 Å². The Bertz CT molecular complexity index is 1910. The molecule has 9 heteroatoms. The second kappa shape index (κ2) is 9.77. The number of hydrogen-bond acceptors (Lipinski definition) is 6. The summed E-state index contributed by atoms with van der Waals surface area (Å²) in [7, 11) is 0. The lowest BCUT2D eigenvalue weighted by Crippen LogP contribution is -2.16. The third kappa shape index (κ3) is 4.42. The largest absolute Gasteiger partial charge is 0.293 e. The van der Waals surface area contributed by atoms with E-state index in [4.69, 9.17) is 17.3 Å². The lowest BCUT2D eigenvalue weighted by atomic mass is 10.1. The first kappa shape index (κ1) is 23.9. The minimum absolute atomic E-state index is 0.277. The number of benzene rings is 3. The van der Waals surface area contributed by atoms with Crippen molar-refractivity contribution in [2.24, 2.45) is 5.10 Å². The van der Waals surface area contributed by atoms with E-state index in [9.17, 15) is 4.79 Å². The van der Waals surface area contributed by atoms with E-state index < -0.39 is 0 Å². The number of para-hydroxylation sites is 1. The van der Waals surface area contributed by atoms with Gasteiger partial charge in [0.25, 0.3) is 5.56 Å². The molecule has 0 aliphatic heterocycles. The van der Waals surface area contributed by atoms with Crippen molar-refractivity contribution in [1.29, 1.82) is 0 Å². The molecule has 0 amide bonds. The van der Waals surface area contributed by atoms with Crippen LogP contribution in [0.25, 0.3) is 33.0 Å². The first-order valence-corrected chi connectivity index (χ1v) is 13.2. The van der Waals surface area contributed by atoms with Crippen molar-refractivity contribution >= 4 is 40.1 Å². The van der Waals surface area contributed by atoms with Crippen molar-refractivity contribution in [1.82, 2.24) is 24.0 Å². The molecular weight excluding hydrogens is 512 g/mol. The number of nitrogens with zero attached hydrogens (tertiary/aromatic N) is 6. The zero-order valence-electron chi connectivity index (χ0n) is 20.6. The molecule has 7 nitrogen and oxygen atoms in total. The van der Waals surface area contributed by atoms with Gasteiger partial charge in [0.05, 0.1) is 11.9 Å². The van der Waals surface area contributed by atoms with Gasteiger partial charge in [-0.1, -0.05) is 77.1 Å². The van der Waals surface area contributed by atoms with Gasteiger partial charge in [0, 0.05) is 23.0 Å². The molecule has 0 saturated carbocycles. The van der Waals surface area contributed by atoms with Crippen LogP contribution in [0, 0.1) is 17.8 Å². The fourth-order valence-electron chi connectivity index (χ4n) is 4.15. The van der Waals surface area contributed by atoms with Gasteiger partial charge in [-0.2, -0.15) is 14.9 Å². The average molecular weight is 535 g/mol. The first-order valence-electron chi connectivity index (χ1n) is 11.9. The zero-order valence-corrected chi connectivity index (χ0v) is 22.3. The summed E-state index contributed by atoms with van der Waals surface area (Å²) in [6.45, 7) is 4.07. The van der Waals surface area contributed by atoms with Crippen LogP contribution in [0.15, 0.2) is 101 Å². The summed E-state index contributed by atoms with van der Waals surface area (Å²) < 4.78 is 5.89. The molecule has 0 N–H and O–H groups in total. The SMILES string of the molecule is Cc1ccc(-c2nn(-c3ccccc3)cc2/C=N/n2cnc3c(sc(=S)n3-c3ccc(C)cc3)c2=O)cc1. The smallest absolute Gasteiger partial charge is 0.275 e. The molecule has 0 aliphatic carbocycles. The minimum atomic E-state index is -0.277. The van der Waals surface area contributed by atoms with E-state index in [0.717, 1.165) is 39.3 Å². The van der Waals surface area contributed by atoms with Crippen LogP contribution in [-0.4, -0.2) is 30.2 Å². The number of fused-ring (bicyclic) bond motifs is 1. The molecule has 0 bridgehead atoms. The van der Waals surface area contributed by atoms with Crippen LogP contribution in [0.4, 0.5) is 0 Å². The van der Waals surface area contributed by atoms with Crippen molar-refractivity contribution < 1.29 is 0 Å². The number of aromatic nitrogens is 5. The predicted molar refractivity (Wildman–Crippen MR) is 156 cm³/mol. The van der Waals surface area contributed by atoms with Gasteiger partial charge in [0.15, 0.2) is 9.60 Å². The molecule has 0 unspecified atom stereocenters. The Morgan fingerprint density at radius 3 is 2.29 bits per heavy atom. The lowest BCUT2D eigenvalue weighted by Gasteiger charge is -2.05. The fraction of sp³-hybridized carbons (Fsp3) is 0.0690. The Morgan fingerprint density at radius 2 is 1.58 bits per heavy atom. The van der Waals surface area contributed by atoms with Crippen LogP contribution in [-0.2, 0) is 0 Å². The van der Waals surface area contributed by atoms with Gasteiger partial charge < -0.3 is 0 Å². The van der Waals surface area contributed by atoms with Crippen molar-refractivity contribution in [3.8, 4) is 22.6 Å². The summed E-state index contributed by atoms with van der Waals surface area (Å²) >= 11 is 6.82. The highest BCUT2D eigenvalue weighted by Gasteiger charge is 2.15. The maximum Gasteiger partial charge on any atom is 0.293 e. The van der Waals surface area contributed by atoms with E-state index in [1.54, 1.807) is 6.21 Å². The summed E-state index contributed by atoms with van der Waals surface area (Å²) in [6.07, 6.45) is 4.98. The average Bonchev–Trinajstić information content (AvgIpc) is 3.51. The quantitative estimate of drug-likeness (QED) is 0.191. The van der Waals surface area contributed by atoms with E-state index in [2.05, 4.69) is 10.1 Å². The Hall–Kier alpha value is -4.47. The van der Waals surface area contributed by atoms with Gasteiger partial charge in [0.1, 0.15) is 16.7 Å². The second-order valence-corrected chi connectivity index (χ2v) is 10.6. The molecule has 3 aromatic heterocycles. The summed E-state index contributed by atoms with van der Waals surface area (Å²) in [5.41, 5.74) is 6.85. The van der Waals surface area contributed by atoms with Gasteiger partial charge in [-0.25, -0.2) is 9.67 Å². The van der Waals surface area contributed by atoms with Crippen LogP contribution < -0.4 is 5.56 Å². The highest BCUT2D eigenvalue weighted by molar-refractivity contribution is 7.73. The van der Waals surface area contributed by atoms with Crippen LogP contribution in [0.3, 0.4) is 0 Å². The normalized spacial score (nSPS) is 11.5. The molecule has 0 atom stereocenters. The van der Waals surface area contributed by atoms with Crippen molar-refractivity contribution in [2.45, 2.75) is 13.8 Å². The molecule has 0 aliphatic rings. The fourth-order valence-corrected chi connectivity index (χ4v) is 5.46. The van der Waals surface area contributed by atoms with Crippen molar-refractivity contribution in [3.63, 3.8) is 0 Å². The minimum Gasteiger partial charge on any atom is -0.275 e. The van der Waals surface area contributed by atoms with E-state index in [0.29, 0.717) is 14.3 Å². The number of hydrogen-bond donors (Lipinski definition) is 0. The monoisotopic (exact) mass is 534 g/mol. The van der Waals surface area contributed by atoms with Gasteiger partial charge in [-0.15, -0.1) is 0 Å². The van der Waals surface area contributed by atoms with Gasteiger partial charge in [-0.05, 0) is 50.3 Å². The number of aryl methyl sites for hydroxylation is 2.